The van der Waals surface area contributed by atoms with Crippen molar-refractivity contribution in [2.45, 2.75) is 44.8 Å². The zero-order chi connectivity index (χ0) is 20.2. The topological polar surface area (TPSA) is 79.7 Å². The van der Waals surface area contributed by atoms with Crippen LogP contribution in [0.25, 0.3) is 15.5 Å². The van der Waals surface area contributed by atoms with Crippen LogP contribution >= 0.6 is 34.5 Å². The Kier molecular flexibility index (Phi) is 4.99. The SMILES string of the molecule is N[C@@H]1CCCC12CCN(c1nc3sc(-c4cccc(Cl)c4Cl)nn3c1CO)CC2. The molecular formula is C20H23Cl2N5OS. The van der Waals surface area contributed by atoms with Gasteiger partial charge in [-0.15, -0.1) is 0 Å². The van der Waals surface area contributed by atoms with Crippen molar-refractivity contribution in [2.24, 2.45) is 11.1 Å². The number of nitrogens with two attached hydrogens (primary N) is 1. The summed E-state index contributed by atoms with van der Waals surface area (Å²) in [5.41, 5.74) is 8.20. The third-order valence-electron chi connectivity index (χ3n) is 6.64. The molecule has 9 heteroatoms. The van der Waals surface area contributed by atoms with Gasteiger partial charge in [0.15, 0.2) is 5.82 Å². The molecule has 0 unspecified atom stereocenters. The highest BCUT2D eigenvalue weighted by Gasteiger charge is 2.43. The van der Waals surface area contributed by atoms with Gasteiger partial charge >= 0.3 is 0 Å². The fraction of sp³-hybridized carbons (Fsp3) is 0.500. The second kappa shape index (κ2) is 7.39. The number of aromatic nitrogens is 3. The van der Waals surface area contributed by atoms with E-state index in [9.17, 15) is 5.11 Å². The van der Waals surface area contributed by atoms with Crippen molar-refractivity contribution in [1.82, 2.24) is 14.6 Å². The zero-order valence-electron chi connectivity index (χ0n) is 15.9. The summed E-state index contributed by atoms with van der Waals surface area (Å²) >= 11 is 14.0. The number of imidazole rings is 1. The molecule has 29 heavy (non-hydrogen) atoms. The van der Waals surface area contributed by atoms with Gasteiger partial charge in [0.2, 0.25) is 4.96 Å². The maximum Gasteiger partial charge on any atom is 0.214 e. The van der Waals surface area contributed by atoms with Crippen molar-refractivity contribution in [2.75, 3.05) is 18.0 Å². The molecule has 2 fully saturated rings. The van der Waals surface area contributed by atoms with Crippen LogP contribution in [0, 0.1) is 5.41 Å². The van der Waals surface area contributed by atoms with Crippen LogP contribution in [-0.4, -0.2) is 38.8 Å². The lowest BCUT2D eigenvalue weighted by Gasteiger charge is -2.42. The van der Waals surface area contributed by atoms with Crippen molar-refractivity contribution >= 4 is 45.3 Å². The predicted octanol–water partition coefficient (Wildman–Crippen LogP) is 4.35. The van der Waals surface area contributed by atoms with E-state index in [2.05, 4.69) is 10.00 Å². The number of halogens is 2. The van der Waals surface area contributed by atoms with Crippen LogP contribution in [0.3, 0.4) is 0 Å². The summed E-state index contributed by atoms with van der Waals surface area (Å²) in [6.45, 7) is 1.71. The molecule has 5 rings (SSSR count). The number of nitrogens with zero attached hydrogens (tertiary/aromatic N) is 4. The van der Waals surface area contributed by atoms with Crippen LogP contribution in [0.1, 0.15) is 37.8 Å². The Morgan fingerprint density at radius 1 is 1.24 bits per heavy atom. The number of fused-ring (bicyclic) bond motifs is 1. The zero-order valence-corrected chi connectivity index (χ0v) is 18.3. The number of benzene rings is 1. The molecule has 3 N–H and O–H groups in total. The number of piperidine rings is 1. The minimum atomic E-state index is -0.121. The Labute approximate surface area is 183 Å². The Balaban J connectivity index is 1.45. The molecule has 1 aliphatic carbocycles. The quantitative estimate of drug-likeness (QED) is 0.618. The highest BCUT2D eigenvalue weighted by Crippen LogP contribution is 2.46. The van der Waals surface area contributed by atoms with Gasteiger partial charge in [-0.05, 0) is 37.2 Å². The molecule has 2 aliphatic rings. The lowest BCUT2D eigenvalue weighted by Crippen LogP contribution is -2.47. The van der Waals surface area contributed by atoms with Gasteiger partial charge in [-0.25, -0.2) is 4.52 Å². The van der Waals surface area contributed by atoms with Crippen LogP contribution in [0.5, 0.6) is 0 Å². The Hall–Kier alpha value is -1.38. The van der Waals surface area contributed by atoms with Crippen molar-refractivity contribution in [3.8, 4) is 10.6 Å². The van der Waals surface area contributed by atoms with E-state index in [1.165, 1.54) is 24.2 Å². The predicted molar refractivity (Wildman–Crippen MR) is 118 cm³/mol. The van der Waals surface area contributed by atoms with E-state index >= 15 is 0 Å². The van der Waals surface area contributed by atoms with Gasteiger partial charge in [-0.2, -0.15) is 10.1 Å². The fourth-order valence-corrected chi connectivity index (χ4v) is 6.29. The third kappa shape index (κ3) is 3.15. The number of hydrogen-bond donors (Lipinski definition) is 2. The molecule has 3 aromatic rings. The van der Waals surface area contributed by atoms with Crippen molar-refractivity contribution in [1.29, 1.82) is 0 Å². The molecule has 154 valence electrons. The maximum absolute atomic E-state index is 10.1. The Morgan fingerprint density at radius 3 is 2.72 bits per heavy atom. The lowest BCUT2D eigenvalue weighted by atomic mass is 9.74. The fourth-order valence-electron chi connectivity index (χ4n) is 4.90. The molecule has 1 saturated heterocycles. The van der Waals surface area contributed by atoms with E-state index in [0.29, 0.717) is 27.2 Å². The molecule has 6 nitrogen and oxygen atoms in total. The van der Waals surface area contributed by atoms with E-state index in [1.807, 2.05) is 12.1 Å². The highest BCUT2D eigenvalue weighted by atomic mass is 35.5. The second-order valence-corrected chi connectivity index (χ2v) is 9.83. The summed E-state index contributed by atoms with van der Waals surface area (Å²) in [7, 11) is 0. The molecule has 3 heterocycles. The molecule has 1 atom stereocenters. The Morgan fingerprint density at radius 2 is 2.03 bits per heavy atom. The van der Waals surface area contributed by atoms with Crippen LogP contribution in [0.4, 0.5) is 5.82 Å². The third-order valence-corrected chi connectivity index (χ3v) is 8.40. The van der Waals surface area contributed by atoms with E-state index in [0.717, 1.165) is 53.7 Å². The lowest BCUT2D eigenvalue weighted by molar-refractivity contribution is 0.197. The minimum absolute atomic E-state index is 0.121. The number of aliphatic hydroxyl groups is 1. The first-order chi connectivity index (χ1) is 14.0. The smallest absolute Gasteiger partial charge is 0.214 e. The first-order valence-corrected chi connectivity index (χ1v) is 11.5. The van der Waals surface area contributed by atoms with Crippen LogP contribution in [0.2, 0.25) is 10.0 Å². The molecule has 2 aromatic heterocycles. The molecule has 0 amide bonds. The number of anilines is 1. The van der Waals surface area contributed by atoms with Gasteiger partial charge in [0.05, 0.1) is 16.7 Å². The number of rotatable bonds is 3. The van der Waals surface area contributed by atoms with E-state index < -0.39 is 0 Å². The average molecular weight is 452 g/mol. The Bertz CT molecular complexity index is 1060. The monoisotopic (exact) mass is 451 g/mol. The summed E-state index contributed by atoms with van der Waals surface area (Å²) in [5, 5.41) is 16.5. The van der Waals surface area contributed by atoms with Gasteiger partial charge in [0.25, 0.3) is 0 Å². The summed E-state index contributed by atoms with van der Waals surface area (Å²) in [6, 6.07) is 5.81. The van der Waals surface area contributed by atoms with E-state index in [4.69, 9.17) is 33.9 Å². The highest BCUT2D eigenvalue weighted by molar-refractivity contribution is 7.20. The molecule has 1 aromatic carbocycles. The minimum Gasteiger partial charge on any atom is -0.390 e. The van der Waals surface area contributed by atoms with E-state index in [-0.39, 0.29) is 6.61 Å². The molecule has 0 bridgehead atoms. The molecule has 1 aliphatic heterocycles. The first kappa shape index (κ1) is 19.6. The van der Waals surface area contributed by atoms with Gasteiger partial charge < -0.3 is 15.7 Å². The van der Waals surface area contributed by atoms with Crippen molar-refractivity contribution in [3.05, 3.63) is 33.9 Å². The number of aliphatic hydroxyl groups excluding tert-OH is 1. The van der Waals surface area contributed by atoms with Crippen molar-refractivity contribution < 1.29 is 5.11 Å². The summed E-state index contributed by atoms with van der Waals surface area (Å²) in [5.74, 6) is 0.830. The van der Waals surface area contributed by atoms with Crippen molar-refractivity contribution in [3.63, 3.8) is 0 Å². The van der Waals surface area contributed by atoms with Gasteiger partial charge in [0.1, 0.15) is 10.7 Å². The summed E-state index contributed by atoms with van der Waals surface area (Å²) in [4.78, 5) is 7.83. The molecule has 1 saturated carbocycles. The van der Waals surface area contributed by atoms with Crippen LogP contribution in [-0.2, 0) is 6.61 Å². The standard InChI is InChI=1S/C20H23Cl2N5OS/c21-13-4-1-3-12(16(13)22)18-25-27-14(11-28)17(24-19(27)29-18)26-9-7-20(8-10-26)6-2-5-15(20)23/h1,3-4,15,28H,2,5-11,23H2/t15-/m1/s1. The van der Waals surface area contributed by atoms with Crippen LogP contribution < -0.4 is 10.6 Å². The van der Waals surface area contributed by atoms with Gasteiger partial charge in [0, 0.05) is 24.7 Å². The molecule has 0 radical (unpaired) electrons. The number of hydrogen-bond acceptors (Lipinski definition) is 6. The van der Waals surface area contributed by atoms with Gasteiger partial charge in [-0.1, -0.05) is 53.1 Å². The summed E-state index contributed by atoms with van der Waals surface area (Å²) < 4.78 is 1.73. The molecular weight excluding hydrogens is 429 g/mol. The molecule has 1 spiro atoms. The normalized spacial score (nSPS) is 21.5. The van der Waals surface area contributed by atoms with Gasteiger partial charge in [-0.3, -0.25) is 0 Å². The largest absolute Gasteiger partial charge is 0.390 e. The maximum atomic E-state index is 10.1. The summed E-state index contributed by atoms with van der Waals surface area (Å²) in [6.07, 6.45) is 5.78. The van der Waals surface area contributed by atoms with Crippen LogP contribution in [0.15, 0.2) is 18.2 Å². The first-order valence-electron chi connectivity index (χ1n) is 9.97. The average Bonchev–Trinajstić information content (AvgIpc) is 3.38. The van der Waals surface area contributed by atoms with E-state index in [1.54, 1.807) is 10.6 Å². The second-order valence-electron chi connectivity index (χ2n) is 8.09.